The molecule has 4 rings (SSSR count). The summed E-state index contributed by atoms with van der Waals surface area (Å²) in [7, 11) is 0. The minimum atomic E-state index is -0.275. The highest BCUT2D eigenvalue weighted by Crippen LogP contribution is 2.29. The number of carbonyl (C=O) groups is 1. The molecule has 0 aliphatic carbocycles. The number of nitrogens with zero attached hydrogens (tertiary/aromatic N) is 3. The van der Waals surface area contributed by atoms with Gasteiger partial charge in [-0.25, -0.2) is 0 Å². The van der Waals surface area contributed by atoms with Crippen molar-refractivity contribution in [3.8, 4) is 11.4 Å². The van der Waals surface area contributed by atoms with Crippen LogP contribution in [0.2, 0.25) is 5.02 Å². The molecule has 132 valence electrons. The number of piperidine rings is 1. The Balaban J connectivity index is 1.47. The zero-order valence-electron chi connectivity index (χ0n) is 13.9. The summed E-state index contributed by atoms with van der Waals surface area (Å²) < 4.78 is 11.0. The maximum absolute atomic E-state index is 12.6. The molecule has 2 atom stereocenters. The Morgan fingerprint density at radius 3 is 3.00 bits per heavy atom. The van der Waals surface area contributed by atoms with E-state index in [0.29, 0.717) is 29.9 Å². The minimum Gasteiger partial charge on any atom is -0.368 e. The van der Waals surface area contributed by atoms with E-state index in [1.807, 2.05) is 29.2 Å². The van der Waals surface area contributed by atoms with Crippen LogP contribution in [0.4, 0.5) is 0 Å². The molecular formula is C18H20ClN3O3. The molecule has 3 heterocycles. The Bertz CT molecular complexity index is 758. The summed E-state index contributed by atoms with van der Waals surface area (Å²) in [6, 6.07) is 7.37. The number of halogens is 1. The lowest BCUT2D eigenvalue weighted by atomic mass is 9.97. The Kier molecular flexibility index (Phi) is 4.72. The molecule has 7 heteroatoms. The quantitative estimate of drug-likeness (QED) is 0.839. The van der Waals surface area contributed by atoms with Crippen LogP contribution in [0.25, 0.3) is 11.4 Å². The number of likely N-dealkylation sites (tertiary alicyclic amines) is 1. The zero-order chi connectivity index (χ0) is 17.2. The SMILES string of the molecule is O=C(C1CCCO1)N1CCCC(c2nc(-c3cccc(Cl)c3)no2)C1. The smallest absolute Gasteiger partial charge is 0.251 e. The molecule has 0 spiro atoms. The predicted octanol–water partition coefficient (Wildman–Crippen LogP) is 3.28. The average molecular weight is 362 g/mol. The Morgan fingerprint density at radius 2 is 2.20 bits per heavy atom. The molecule has 2 aromatic rings. The molecule has 2 aliphatic heterocycles. The van der Waals surface area contributed by atoms with Gasteiger partial charge in [0.15, 0.2) is 0 Å². The van der Waals surface area contributed by atoms with E-state index in [0.717, 1.165) is 37.8 Å². The van der Waals surface area contributed by atoms with Crippen LogP contribution >= 0.6 is 11.6 Å². The standard InChI is InChI=1S/C18H20ClN3O3/c19-14-6-1-4-12(10-14)16-20-17(25-21-16)13-5-2-8-22(11-13)18(23)15-7-3-9-24-15/h1,4,6,10,13,15H,2-3,5,7-9,11H2. The molecule has 25 heavy (non-hydrogen) atoms. The van der Waals surface area contributed by atoms with Crippen LogP contribution in [0.3, 0.4) is 0 Å². The van der Waals surface area contributed by atoms with Crippen molar-refractivity contribution in [2.24, 2.45) is 0 Å². The fourth-order valence-electron chi connectivity index (χ4n) is 3.50. The highest BCUT2D eigenvalue weighted by molar-refractivity contribution is 6.30. The minimum absolute atomic E-state index is 0.0690. The van der Waals surface area contributed by atoms with Gasteiger partial charge >= 0.3 is 0 Å². The van der Waals surface area contributed by atoms with Gasteiger partial charge in [-0.1, -0.05) is 28.9 Å². The van der Waals surface area contributed by atoms with Crippen molar-refractivity contribution < 1.29 is 14.1 Å². The van der Waals surface area contributed by atoms with Crippen LogP contribution in [0.5, 0.6) is 0 Å². The summed E-state index contributed by atoms with van der Waals surface area (Å²) in [6.45, 7) is 2.06. The van der Waals surface area contributed by atoms with Gasteiger partial charge in [-0.2, -0.15) is 4.98 Å². The van der Waals surface area contributed by atoms with Crippen LogP contribution in [0.15, 0.2) is 28.8 Å². The summed E-state index contributed by atoms with van der Waals surface area (Å²) in [5.74, 6) is 1.27. The van der Waals surface area contributed by atoms with Gasteiger partial charge in [-0.15, -0.1) is 0 Å². The average Bonchev–Trinajstić information content (AvgIpc) is 3.33. The van der Waals surface area contributed by atoms with Crippen LogP contribution in [0, 0.1) is 0 Å². The summed E-state index contributed by atoms with van der Waals surface area (Å²) >= 11 is 6.02. The molecule has 0 bridgehead atoms. The van der Waals surface area contributed by atoms with Gasteiger partial charge < -0.3 is 14.2 Å². The second-order valence-corrected chi connectivity index (χ2v) is 7.03. The number of hydrogen-bond donors (Lipinski definition) is 0. The molecule has 6 nitrogen and oxygen atoms in total. The second-order valence-electron chi connectivity index (χ2n) is 6.59. The molecule has 2 saturated heterocycles. The Hall–Kier alpha value is -1.92. The van der Waals surface area contributed by atoms with E-state index in [9.17, 15) is 4.79 Å². The molecule has 2 fully saturated rings. The van der Waals surface area contributed by atoms with Crippen molar-refractivity contribution in [3.05, 3.63) is 35.2 Å². The molecule has 2 unspecified atom stereocenters. The summed E-state index contributed by atoms with van der Waals surface area (Å²) in [5, 5.41) is 4.71. The van der Waals surface area contributed by atoms with Crippen molar-refractivity contribution in [2.75, 3.05) is 19.7 Å². The van der Waals surface area contributed by atoms with Crippen LogP contribution in [-0.4, -0.2) is 46.7 Å². The van der Waals surface area contributed by atoms with Crippen molar-refractivity contribution in [1.82, 2.24) is 15.0 Å². The first-order valence-electron chi connectivity index (χ1n) is 8.70. The van der Waals surface area contributed by atoms with Crippen molar-refractivity contribution >= 4 is 17.5 Å². The van der Waals surface area contributed by atoms with Gasteiger partial charge in [0, 0.05) is 30.3 Å². The lowest BCUT2D eigenvalue weighted by Gasteiger charge is -2.32. The number of aromatic nitrogens is 2. The van der Waals surface area contributed by atoms with E-state index in [2.05, 4.69) is 10.1 Å². The number of ether oxygens (including phenoxy) is 1. The number of rotatable bonds is 3. The highest BCUT2D eigenvalue weighted by Gasteiger charge is 2.33. The van der Waals surface area contributed by atoms with Gasteiger partial charge in [0.2, 0.25) is 11.7 Å². The number of benzene rings is 1. The molecule has 0 saturated carbocycles. The second kappa shape index (κ2) is 7.14. The summed E-state index contributed by atoms with van der Waals surface area (Å²) in [6.07, 6.45) is 3.37. The molecular weight excluding hydrogens is 342 g/mol. The fourth-order valence-corrected chi connectivity index (χ4v) is 3.69. The molecule has 1 aromatic heterocycles. The lowest BCUT2D eigenvalue weighted by molar-refractivity contribution is -0.142. The Labute approximate surface area is 151 Å². The van der Waals surface area contributed by atoms with Gasteiger partial charge in [-0.3, -0.25) is 4.79 Å². The molecule has 1 amide bonds. The van der Waals surface area contributed by atoms with Crippen molar-refractivity contribution in [3.63, 3.8) is 0 Å². The van der Waals surface area contributed by atoms with Crippen LogP contribution < -0.4 is 0 Å². The van der Waals surface area contributed by atoms with Gasteiger partial charge in [0.25, 0.3) is 5.91 Å². The first kappa shape index (κ1) is 16.5. The normalized spacial score (nSPS) is 23.8. The summed E-state index contributed by atoms with van der Waals surface area (Å²) in [5.41, 5.74) is 0.825. The van der Waals surface area contributed by atoms with E-state index in [1.165, 1.54) is 0 Å². The lowest BCUT2D eigenvalue weighted by Crippen LogP contribution is -2.44. The number of hydrogen-bond acceptors (Lipinski definition) is 5. The van der Waals surface area contributed by atoms with E-state index < -0.39 is 0 Å². The van der Waals surface area contributed by atoms with Crippen molar-refractivity contribution in [2.45, 2.75) is 37.7 Å². The number of carbonyl (C=O) groups excluding carboxylic acids is 1. The predicted molar refractivity (Wildman–Crippen MR) is 92.3 cm³/mol. The van der Waals surface area contributed by atoms with E-state index in [-0.39, 0.29) is 17.9 Å². The third-order valence-corrected chi connectivity index (χ3v) is 5.05. The topological polar surface area (TPSA) is 68.5 Å². The Morgan fingerprint density at radius 1 is 1.28 bits per heavy atom. The maximum Gasteiger partial charge on any atom is 0.251 e. The molecule has 1 aromatic carbocycles. The van der Waals surface area contributed by atoms with Gasteiger partial charge in [0.05, 0.1) is 5.92 Å². The molecule has 0 radical (unpaired) electrons. The largest absolute Gasteiger partial charge is 0.368 e. The number of amides is 1. The van der Waals surface area contributed by atoms with Crippen molar-refractivity contribution in [1.29, 1.82) is 0 Å². The molecule has 2 aliphatic rings. The summed E-state index contributed by atoms with van der Waals surface area (Å²) in [4.78, 5) is 19.0. The van der Waals surface area contributed by atoms with Crippen LogP contribution in [0.1, 0.15) is 37.5 Å². The monoisotopic (exact) mass is 361 g/mol. The third kappa shape index (κ3) is 3.55. The first-order chi connectivity index (χ1) is 12.2. The highest BCUT2D eigenvalue weighted by atomic mass is 35.5. The fraction of sp³-hybridized carbons (Fsp3) is 0.500. The van der Waals surface area contributed by atoms with E-state index in [4.69, 9.17) is 20.9 Å². The zero-order valence-corrected chi connectivity index (χ0v) is 14.6. The first-order valence-corrected chi connectivity index (χ1v) is 9.08. The van der Waals surface area contributed by atoms with E-state index >= 15 is 0 Å². The van der Waals surface area contributed by atoms with Gasteiger partial charge in [-0.05, 0) is 37.8 Å². The maximum atomic E-state index is 12.6. The van der Waals surface area contributed by atoms with E-state index in [1.54, 1.807) is 0 Å². The van der Waals surface area contributed by atoms with Gasteiger partial charge in [0.1, 0.15) is 6.10 Å². The van der Waals surface area contributed by atoms with Crippen LogP contribution in [-0.2, 0) is 9.53 Å². The molecule has 0 N–H and O–H groups in total. The third-order valence-electron chi connectivity index (χ3n) is 4.81.